The maximum Gasteiger partial charge on any atom is 0.293 e. The molecule has 3 heterocycles. The maximum atomic E-state index is 13.8. The molecule has 2 N–H and O–H groups in total. The molecule has 0 bridgehead atoms. The lowest BCUT2D eigenvalue weighted by atomic mass is 10.0. The Bertz CT molecular complexity index is 1910. The molecule has 1 aliphatic heterocycles. The van der Waals surface area contributed by atoms with Gasteiger partial charge in [-0.3, -0.25) is 19.3 Å². The number of carbonyl (C=O) groups excluding carboxylic acids is 2. The van der Waals surface area contributed by atoms with Crippen molar-refractivity contribution in [3.8, 4) is 11.3 Å². The number of rotatable bonds is 12. The van der Waals surface area contributed by atoms with Crippen LogP contribution in [0.15, 0.2) is 59.5 Å². The smallest absolute Gasteiger partial charge is 0.293 e. The minimum atomic E-state index is -0.422. The van der Waals surface area contributed by atoms with E-state index in [0.717, 1.165) is 67.1 Å². The zero-order valence-electron chi connectivity index (χ0n) is 31.0. The van der Waals surface area contributed by atoms with Crippen molar-refractivity contribution >= 4 is 40.3 Å². The molecule has 1 unspecified atom stereocenters. The summed E-state index contributed by atoms with van der Waals surface area (Å²) in [7, 11) is 5.17. The van der Waals surface area contributed by atoms with E-state index < -0.39 is 6.04 Å². The highest BCUT2D eigenvalue weighted by atomic mass is 32.1. The summed E-state index contributed by atoms with van der Waals surface area (Å²) in [6.45, 7) is 9.53. The number of amides is 2. The fourth-order valence-corrected chi connectivity index (χ4v) is 8.26. The quantitative estimate of drug-likeness (QED) is 0.175. The number of aromatic nitrogens is 2. The molecule has 2 amide bonds. The summed E-state index contributed by atoms with van der Waals surface area (Å²) in [6, 6.07) is 15.1. The molecule has 1 saturated heterocycles. The monoisotopic (exact) mass is 725 g/mol. The summed E-state index contributed by atoms with van der Waals surface area (Å²) in [5.41, 5.74) is 5.62. The van der Waals surface area contributed by atoms with Gasteiger partial charge in [-0.1, -0.05) is 37.6 Å². The zero-order chi connectivity index (χ0) is 36.8. The van der Waals surface area contributed by atoms with Crippen LogP contribution >= 0.6 is 11.3 Å². The zero-order valence-corrected chi connectivity index (χ0v) is 31.9. The number of carbonyl (C=O) groups is 2. The topological polar surface area (TPSA) is 112 Å². The van der Waals surface area contributed by atoms with Gasteiger partial charge in [0.15, 0.2) is 5.82 Å². The number of benzene rings is 2. The van der Waals surface area contributed by atoms with Crippen molar-refractivity contribution in [2.45, 2.75) is 52.0 Å². The second-order valence-corrected chi connectivity index (χ2v) is 15.0. The number of thiophene rings is 1. The van der Waals surface area contributed by atoms with E-state index in [0.29, 0.717) is 30.2 Å². The molecule has 52 heavy (non-hydrogen) atoms. The second kappa shape index (κ2) is 17.0. The van der Waals surface area contributed by atoms with E-state index in [1.807, 2.05) is 56.4 Å². The Morgan fingerprint density at radius 3 is 2.52 bits per heavy atom. The molecule has 2 aromatic carbocycles. The largest absolute Gasteiger partial charge is 0.383 e. The number of anilines is 3. The average Bonchev–Trinajstić information content (AvgIpc) is 3.44. The Morgan fingerprint density at radius 2 is 1.79 bits per heavy atom. The van der Waals surface area contributed by atoms with Crippen LogP contribution in [0.25, 0.3) is 11.3 Å². The van der Waals surface area contributed by atoms with E-state index in [1.165, 1.54) is 34.3 Å². The first-order valence-corrected chi connectivity index (χ1v) is 19.2. The van der Waals surface area contributed by atoms with Crippen molar-refractivity contribution in [1.82, 2.24) is 24.3 Å². The molecule has 0 radical (unpaired) electrons. The molecular weight excluding hydrogens is 675 g/mol. The molecule has 0 spiro atoms. The molecule has 1 aliphatic carbocycles. The van der Waals surface area contributed by atoms with Crippen molar-refractivity contribution in [2.75, 3.05) is 70.7 Å². The average molecular weight is 726 g/mol. The lowest BCUT2D eigenvalue weighted by Crippen LogP contribution is -2.51. The first-order valence-electron chi connectivity index (χ1n) is 18.3. The van der Waals surface area contributed by atoms with Crippen LogP contribution in [-0.2, 0) is 29.4 Å². The van der Waals surface area contributed by atoms with E-state index in [4.69, 9.17) is 9.72 Å². The predicted octanol–water partition coefficient (Wildman–Crippen LogP) is 5.87. The molecule has 0 saturated carbocycles. The standard InChI is InChI=1S/C40H51N7O4S/c1-6-46-19-21-47(22-20-46)36(39(49)44(3)23-24-51-5)28-15-17-30(18-16-28)41-37-40(50)45(4)26-33(42-37)31-12-10-13-32(27(31)2)43-38(48)35-25-29-11-8-7-9-14-34(29)52-35/h10,12-13,15-18,25-26,36H,6-9,11,14,19-24H2,1-5H3,(H,41,42)(H,43,48). The van der Waals surface area contributed by atoms with Crippen LogP contribution in [0.3, 0.4) is 0 Å². The number of ether oxygens (including phenoxy) is 1. The summed E-state index contributed by atoms with van der Waals surface area (Å²) in [5.74, 6) is 0.111. The Morgan fingerprint density at radius 1 is 1.04 bits per heavy atom. The van der Waals surface area contributed by atoms with Crippen molar-refractivity contribution < 1.29 is 14.3 Å². The van der Waals surface area contributed by atoms with Gasteiger partial charge in [-0.15, -0.1) is 11.3 Å². The summed E-state index contributed by atoms with van der Waals surface area (Å²) >= 11 is 1.61. The molecule has 6 rings (SSSR count). The van der Waals surface area contributed by atoms with Gasteiger partial charge in [0.1, 0.15) is 6.04 Å². The van der Waals surface area contributed by atoms with Gasteiger partial charge >= 0.3 is 0 Å². The highest BCUT2D eigenvalue weighted by Crippen LogP contribution is 2.32. The molecule has 276 valence electrons. The van der Waals surface area contributed by atoms with E-state index in [9.17, 15) is 14.4 Å². The molecule has 1 atom stereocenters. The highest BCUT2D eigenvalue weighted by molar-refractivity contribution is 7.14. The summed E-state index contributed by atoms with van der Waals surface area (Å²) in [5, 5.41) is 6.36. The van der Waals surface area contributed by atoms with Crippen LogP contribution in [0.5, 0.6) is 0 Å². The SMILES string of the molecule is CCN1CCN(C(C(=O)N(C)CCOC)c2ccc(Nc3nc(-c4cccc(NC(=O)c5cc6c(s5)CCCCC6)c4C)cn(C)c3=O)cc2)CC1. The highest BCUT2D eigenvalue weighted by Gasteiger charge is 2.32. The number of hydrogen-bond acceptors (Lipinski definition) is 9. The van der Waals surface area contributed by atoms with Crippen LogP contribution < -0.4 is 16.2 Å². The molecule has 2 aromatic heterocycles. The molecule has 4 aromatic rings. The Balaban J connectivity index is 1.21. The van der Waals surface area contributed by atoms with E-state index >= 15 is 0 Å². The minimum Gasteiger partial charge on any atom is -0.383 e. The summed E-state index contributed by atoms with van der Waals surface area (Å²) in [4.78, 5) is 53.7. The minimum absolute atomic E-state index is 0.0321. The fraction of sp³-hybridized carbons (Fsp3) is 0.450. The van der Waals surface area contributed by atoms with Gasteiger partial charge in [0.25, 0.3) is 11.5 Å². The third kappa shape index (κ3) is 8.47. The van der Waals surface area contributed by atoms with Crippen molar-refractivity contribution in [3.63, 3.8) is 0 Å². The third-order valence-corrected chi connectivity index (χ3v) is 11.6. The maximum absolute atomic E-state index is 13.8. The Kier molecular flexibility index (Phi) is 12.2. The number of hydrogen-bond donors (Lipinski definition) is 2. The lowest BCUT2D eigenvalue weighted by Gasteiger charge is -2.39. The van der Waals surface area contributed by atoms with E-state index in [1.54, 1.807) is 36.6 Å². The van der Waals surface area contributed by atoms with E-state index in [-0.39, 0.29) is 23.2 Å². The van der Waals surface area contributed by atoms with E-state index in [2.05, 4.69) is 33.4 Å². The van der Waals surface area contributed by atoms with Gasteiger partial charge in [-0.2, -0.15) is 0 Å². The molecule has 11 nitrogen and oxygen atoms in total. The van der Waals surface area contributed by atoms with Crippen molar-refractivity contribution in [1.29, 1.82) is 0 Å². The molecule has 1 fully saturated rings. The van der Waals surface area contributed by atoms with Gasteiger partial charge in [0, 0.05) is 81.9 Å². The fourth-order valence-electron chi connectivity index (χ4n) is 7.11. The van der Waals surface area contributed by atoms with Crippen LogP contribution in [0.1, 0.15) is 63.5 Å². The first kappa shape index (κ1) is 37.4. The van der Waals surface area contributed by atoms with Crippen LogP contribution in [0.2, 0.25) is 0 Å². The Labute approximate surface area is 310 Å². The van der Waals surface area contributed by atoms with Crippen molar-refractivity contribution in [3.05, 3.63) is 91.5 Å². The van der Waals surface area contributed by atoms with Crippen LogP contribution in [-0.4, -0.2) is 96.1 Å². The third-order valence-electron chi connectivity index (χ3n) is 10.3. The van der Waals surface area contributed by atoms with Crippen LogP contribution in [0.4, 0.5) is 17.2 Å². The number of methoxy groups -OCH3 is 1. The lowest BCUT2D eigenvalue weighted by molar-refractivity contribution is -0.137. The number of piperazine rings is 1. The summed E-state index contributed by atoms with van der Waals surface area (Å²) in [6.07, 6.45) is 7.39. The number of aryl methyl sites for hydroxylation is 3. The normalized spacial score (nSPS) is 15.8. The van der Waals surface area contributed by atoms with Crippen LogP contribution in [0, 0.1) is 6.92 Å². The molecular formula is C40H51N7O4S. The Hall–Kier alpha value is -4.36. The second-order valence-electron chi connectivity index (χ2n) is 13.8. The van der Waals surface area contributed by atoms with Crippen molar-refractivity contribution in [2.24, 2.45) is 7.05 Å². The number of likely N-dealkylation sites (N-methyl/N-ethyl adjacent to an activating group) is 2. The number of nitrogens with zero attached hydrogens (tertiary/aromatic N) is 5. The number of nitrogens with one attached hydrogen (secondary N) is 2. The van der Waals surface area contributed by atoms with Gasteiger partial charge in [-0.05, 0) is 80.1 Å². The van der Waals surface area contributed by atoms with Gasteiger partial charge in [0.2, 0.25) is 5.91 Å². The first-order chi connectivity index (χ1) is 25.2. The van der Waals surface area contributed by atoms with Gasteiger partial charge < -0.3 is 29.7 Å². The number of fused-ring (bicyclic) bond motifs is 1. The summed E-state index contributed by atoms with van der Waals surface area (Å²) < 4.78 is 6.75. The molecule has 12 heteroatoms. The van der Waals surface area contributed by atoms with Gasteiger partial charge in [0.05, 0.1) is 17.2 Å². The predicted molar refractivity (Wildman–Crippen MR) is 209 cm³/mol. The molecule has 2 aliphatic rings. The van der Waals surface area contributed by atoms with Gasteiger partial charge in [-0.25, -0.2) is 4.98 Å².